The molecule has 0 N–H and O–H groups in total. The van der Waals surface area contributed by atoms with Crippen LogP contribution in [-0.2, 0) is 27.6 Å². The van der Waals surface area contributed by atoms with Crippen molar-refractivity contribution in [3.8, 4) is 0 Å². The number of fused-ring (bicyclic) bond motifs is 5. The highest BCUT2D eigenvalue weighted by atomic mass is 28.4. The molecular formula is C17H27NO6Si. The SMILES string of the molecule is CCO[Si](CCCN1C(=O)C2C3C=CC(O3)C2C1=O)(OCC)OCC. The first-order valence-corrected chi connectivity index (χ1v) is 11.1. The Hall–Kier alpha value is -1.06. The molecular weight excluding hydrogens is 342 g/mol. The predicted octanol–water partition coefficient (Wildman–Crippen LogP) is 1.36. The first-order valence-electron chi connectivity index (χ1n) is 9.17. The minimum Gasteiger partial charge on any atom is -0.374 e. The van der Waals surface area contributed by atoms with Crippen LogP contribution >= 0.6 is 0 Å². The summed E-state index contributed by atoms with van der Waals surface area (Å²) in [4.78, 5) is 26.7. The van der Waals surface area contributed by atoms with Crippen LogP contribution in [0.4, 0.5) is 0 Å². The number of ether oxygens (including phenoxy) is 1. The summed E-state index contributed by atoms with van der Waals surface area (Å²) >= 11 is 0. The lowest BCUT2D eigenvalue weighted by Crippen LogP contribution is -2.46. The number of nitrogens with zero attached hydrogens (tertiary/aromatic N) is 1. The van der Waals surface area contributed by atoms with Crippen LogP contribution in [0.5, 0.6) is 0 Å². The van der Waals surface area contributed by atoms with E-state index in [1.54, 1.807) is 0 Å². The molecule has 0 aromatic rings. The maximum atomic E-state index is 12.6. The van der Waals surface area contributed by atoms with E-state index in [0.717, 1.165) is 0 Å². The van der Waals surface area contributed by atoms with Gasteiger partial charge in [-0.25, -0.2) is 0 Å². The molecule has 25 heavy (non-hydrogen) atoms. The fraction of sp³-hybridized carbons (Fsp3) is 0.765. The lowest BCUT2D eigenvalue weighted by atomic mass is 9.85. The highest BCUT2D eigenvalue weighted by molar-refractivity contribution is 6.60. The van der Waals surface area contributed by atoms with Gasteiger partial charge in [-0.05, 0) is 27.2 Å². The van der Waals surface area contributed by atoms with E-state index >= 15 is 0 Å². The van der Waals surface area contributed by atoms with Gasteiger partial charge in [0, 0.05) is 32.4 Å². The Morgan fingerprint density at radius 3 is 1.88 bits per heavy atom. The second kappa shape index (κ2) is 7.67. The molecule has 2 amide bonds. The van der Waals surface area contributed by atoms with Gasteiger partial charge in [-0.1, -0.05) is 12.2 Å². The molecule has 3 heterocycles. The highest BCUT2D eigenvalue weighted by Gasteiger charge is 2.60. The van der Waals surface area contributed by atoms with Gasteiger partial charge < -0.3 is 18.0 Å². The van der Waals surface area contributed by atoms with E-state index in [1.807, 2.05) is 32.9 Å². The molecule has 2 saturated heterocycles. The molecule has 7 nitrogen and oxygen atoms in total. The topological polar surface area (TPSA) is 74.3 Å². The van der Waals surface area contributed by atoms with Crippen LogP contribution in [0, 0.1) is 11.8 Å². The molecule has 0 aliphatic carbocycles. The lowest BCUT2D eigenvalue weighted by molar-refractivity contribution is -0.142. The molecule has 8 heteroatoms. The molecule has 0 radical (unpaired) electrons. The number of hydrogen-bond acceptors (Lipinski definition) is 6. The third-order valence-electron chi connectivity index (χ3n) is 4.96. The van der Waals surface area contributed by atoms with Gasteiger partial charge in [0.15, 0.2) is 0 Å². The maximum absolute atomic E-state index is 12.6. The highest BCUT2D eigenvalue weighted by Crippen LogP contribution is 2.45. The summed E-state index contributed by atoms with van der Waals surface area (Å²) in [5.74, 6) is -0.892. The summed E-state index contributed by atoms with van der Waals surface area (Å²) in [6, 6.07) is 0.594. The third-order valence-corrected chi connectivity index (χ3v) is 8.11. The van der Waals surface area contributed by atoms with Gasteiger partial charge in [0.25, 0.3) is 0 Å². The number of carbonyl (C=O) groups is 2. The van der Waals surface area contributed by atoms with Crippen molar-refractivity contribution in [1.82, 2.24) is 4.90 Å². The van der Waals surface area contributed by atoms with Gasteiger partial charge in [0.1, 0.15) is 0 Å². The summed E-state index contributed by atoms with van der Waals surface area (Å²) in [5.41, 5.74) is 0. The summed E-state index contributed by atoms with van der Waals surface area (Å²) in [7, 11) is -2.74. The van der Waals surface area contributed by atoms with E-state index < -0.39 is 8.80 Å². The molecule has 2 fully saturated rings. The molecule has 140 valence electrons. The first kappa shape index (κ1) is 18.7. The first-order chi connectivity index (χ1) is 12.1. The zero-order chi connectivity index (χ0) is 18.0. The molecule has 2 bridgehead atoms. The van der Waals surface area contributed by atoms with Crippen molar-refractivity contribution >= 4 is 20.6 Å². The Morgan fingerprint density at radius 1 is 0.960 bits per heavy atom. The second-order valence-electron chi connectivity index (χ2n) is 6.42. The zero-order valence-corrected chi connectivity index (χ0v) is 16.1. The summed E-state index contributed by atoms with van der Waals surface area (Å²) in [6.07, 6.45) is 3.95. The van der Waals surface area contributed by atoms with Gasteiger partial charge in [-0.15, -0.1) is 0 Å². The van der Waals surface area contributed by atoms with Crippen LogP contribution in [-0.4, -0.2) is 64.1 Å². The predicted molar refractivity (Wildman–Crippen MR) is 91.6 cm³/mol. The van der Waals surface area contributed by atoms with Crippen molar-refractivity contribution in [2.45, 2.75) is 45.4 Å². The van der Waals surface area contributed by atoms with Gasteiger partial charge >= 0.3 is 8.80 Å². The molecule has 3 rings (SSSR count). The normalized spacial score (nSPS) is 30.6. The molecule has 4 unspecified atom stereocenters. The summed E-state index contributed by atoms with van der Waals surface area (Å²) < 4.78 is 23.1. The van der Waals surface area contributed by atoms with E-state index in [4.69, 9.17) is 18.0 Å². The Labute approximate surface area is 149 Å². The Morgan fingerprint density at radius 2 is 1.44 bits per heavy atom. The van der Waals surface area contributed by atoms with E-state index in [2.05, 4.69) is 0 Å². The summed E-state index contributed by atoms with van der Waals surface area (Å²) in [6.45, 7) is 7.68. The van der Waals surface area contributed by atoms with E-state index in [1.165, 1.54) is 4.90 Å². The zero-order valence-electron chi connectivity index (χ0n) is 15.1. The van der Waals surface area contributed by atoms with Gasteiger partial charge in [-0.3, -0.25) is 14.5 Å². The van der Waals surface area contributed by atoms with Crippen molar-refractivity contribution in [3.05, 3.63) is 12.2 Å². The van der Waals surface area contributed by atoms with Crippen molar-refractivity contribution in [2.24, 2.45) is 11.8 Å². The average Bonchev–Trinajstić information content (AvgIpc) is 3.25. The Balaban J connectivity index is 1.59. The number of rotatable bonds is 10. The van der Waals surface area contributed by atoms with Crippen LogP contribution in [0.3, 0.4) is 0 Å². The van der Waals surface area contributed by atoms with Gasteiger partial charge in [0.2, 0.25) is 11.8 Å². The average molecular weight is 369 g/mol. The molecule has 4 atom stereocenters. The molecule has 0 aromatic carbocycles. The van der Waals surface area contributed by atoms with E-state index in [-0.39, 0.29) is 35.9 Å². The second-order valence-corrected chi connectivity index (χ2v) is 9.15. The van der Waals surface area contributed by atoms with Crippen molar-refractivity contribution in [1.29, 1.82) is 0 Å². The monoisotopic (exact) mass is 369 g/mol. The van der Waals surface area contributed by atoms with Crippen LogP contribution < -0.4 is 0 Å². The minimum atomic E-state index is -2.74. The van der Waals surface area contributed by atoms with Gasteiger partial charge in [0.05, 0.1) is 24.0 Å². The quantitative estimate of drug-likeness (QED) is 0.329. The number of carbonyl (C=O) groups excluding carboxylic acids is 2. The van der Waals surface area contributed by atoms with Gasteiger partial charge in [-0.2, -0.15) is 0 Å². The fourth-order valence-corrected chi connectivity index (χ4v) is 6.63. The molecule has 0 spiro atoms. The van der Waals surface area contributed by atoms with Crippen LogP contribution in [0.25, 0.3) is 0 Å². The van der Waals surface area contributed by atoms with Crippen molar-refractivity contribution in [3.63, 3.8) is 0 Å². The fourth-order valence-electron chi connectivity index (χ4n) is 4.04. The minimum absolute atomic E-state index is 0.108. The molecule has 0 saturated carbocycles. The lowest BCUT2D eigenvalue weighted by Gasteiger charge is -2.29. The number of imide groups is 1. The number of likely N-dealkylation sites (tertiary alicyclic amines) is 1. The molecule has 3 aliphatic heterocycles. The Kier molecular flexibility index (Phi) is 5.74. The number of amides is 2. The van der Waals surface area contributed by atoms with Crippen molar-refractivity contribution in [2.75, 3.05) is 26.4 Å². The van der Waals surface area contributed by atoms with Crippen LogP contribution in [0.15, 0.2) is 12.2 Å². The van der Waals surface area contributed by atoms with Crippen molar-refractivity contribution < 1.29 is 27.6 Å². The van der Waals surface area contributed by atoms with Crippen LogP contribution in [0.2, 0.25) is 6.04 Å². The standard InChI is InChI=1S/C17H27NO6Si/c1-4-21-25(22-5-2,23-6-3)11-7-10-18-16(19)14-12-8-9-13(24-12)15(14)17(18)20/h8-9,12-15H,4-7,10-11H2,1-3H3. The third kappa shape index (κ3) is 3.33. The molecule has 3 aliphatic rings. The largest absolute Gasteiger partial charge is 0.500 e. The number of hydrogen-bond donors (Lipinski definition) is 0. The molecule has 0 aromatic heterocycles. The van der Waals surface area contributed by atoms with E-state index in [0.29, 0.717) is 38.8 Å². The Bertz CT molecular complexity index is 506. The maximum Gasteiger partial charge on any atom is 0.500 e. The summed E-state index contributed by atoms with van der Waals surface area (Å²) in [5, 5.41) is 0. The smallest absolute Gasteiger partial charge is 0.374 e. The van der Waals surface area contributed by atoms with Crippen LogP contribution in [0.1, 0.15) is 27.2 Å². The van der Waals surface area contributed by atoms with E-state index in [9.17, 15) is 9.59 Å².